The predicted octanol–water partition coefficient (Wildman–Crippen LogP) is 5.89. The molecule has 0 saturated carbocycles. The lowest BCUT2D eigenvalue weighted by molar-refractivity contribution is -0.121. The van der Waals surface area contributed by atoms with Crippen molar-refractivity contribution in [1.29, 1.82) is 0 Å². The van der Waals surface area contributed by atoms with Crippen molar-refractivity contribution in [2.45, 2.75) is 31.7 Å². The number of halogens is 1. The topological polar surface area (TPSA) is 40.6 Å². The molecule has 2 aliphatic rings. The maximum Gasteiger partial charge on any atom is 0.283 e. The molecule has 0 bridgehead atoms. The van der Waals surface area contributed by atoms with E-state index in [-0.39, 0.29) is 11.8 Å². The molecule has 0 atom stereocenters. The highest BCUT2D eigenvalue weighted by molar-refractivity contribution is 8.04. The zero-order valence-corrected chi connectivity index (χ0v) is 20.0. The van der Waals surface area contributed by atoms with E-state index in [2.05, 4.69) is 17.0 Å². The fourth-order valence-corrected chi connectivity index (χ4v) is 5.41. The number of hydrogen-bond donors (Lipinski definition) is 0. The standard InChI is InChI=1S/C27H23ClN2O2S/c1-17-7-11-22(12-8-17)33-25-24(29-14-13-19-5-3-4-6-20(19)16-29)26(31)30(27(25)32)21-10-9-18(2)23(28)15-21/h3-12,15H,13-14,16H2,1-2H3. The lowest BCUT2D eigenvalue weighted by Gasteiger charge is -2.31. The van der Waals surface area contributed by atoms with Crippen LogP contribution in [0.1, 0.15) is 22.3 Å². The zero-order chi connectivity index (χ0) is 23.1. The largest absolute Gasteiger partial charge is 0.361 e. The summed E-state index contributed by atoms with van der Waals surface area (Å²) >= 11 is 7.68. The van der Waals surface area contributed by atoms with Gasteiger partial charge in [0.15, 0.2) is 0 Å². The summed E-state index contributed by atoms with van der Waals surface area (Å²) in [6.45, 7) is 5.21. The number of benzene rings is 3. The lowest BCUT2D eigenvalue weighted by Crippen LogP contribution is -2.37. The first kappa shape index (κ1) is 21.8. The van der Waals surface area contributed by atoms with Crippen molar-refractivity contribution < 1.29 is 9.59 Å². The molecule has 0 radical (unpaired) electrons. The maximum absolute atomic E-state index is 13.7. The zero-order valence-electron chi connectivity index (χ0n) is 18.5. The summed E-state index contributed by atoms with van der Waals surface area (Å²) in [4.78, 5) is 32.1. The number of carbonyl (C=O) groups is 2. The van der Waals surface area contributed by atoms with Crippen LogP contribution in [0.5, 0.6) is 0 Å². The predicted molar refractivity (Wildman–Crippen MR) is 133 cm³/mol. The Morgan fingerprint density at radius 1 is 0.879 bits per heavy atom. The minimum Gasteiger partial charge on any atom is -0.361 e. The number of imide groups is 1. The van der Waals surface area contributed by atoms with Crippen molar-refractivity contribution >= 4 is 40.9 Å². The van der Waals surface area contributed by atoms with E-state index in [1.165, 1.54) is 27.8 Å². The van der Waals surface area contributed by atoms with Crippen LogP contribution in [0.25, 0.3) is 0 Å². The van der Waals surface area contributed by atoms with E-state index in [9.17, 15) is 9.59 Å². The second-order valence-corrected chi connectivity index (χ2v) is 9.90. The van der Waals surface area contributed by atoms with Gasteiger partial charge >= 0.3 is 0 Å². The van der Waals surface area contributed by atoms with E-state index in [0.29, 0.717) is 34.4 Å². The number of hydrogen-bond acceptors (Lipinski definition) is 4. The number of fused-ring (bicyclic) bond motifs is 1. The van der Waals surface area contributed by atoms with Gasteiger partial charge < -0.3 is 4.90 Å². The molecule has 0 fully saturated rings. The molecule has 2 amide bonds. The Bertz CT molecular complexity index is 1300. The molecule has 0 unspecified atom stereocenters. The Labute approximate surface area is 202 Å². The third kappa shape index (κ3) is 4.07. The summed E-state index contributed by atoms with van der Waals surface area (Å²) in [5.41, 5.74) is 5.49. The first-order valence-corrected chi connectivity index (χ1v) is 12.1. The van der Waals surface area contributed by atoms with E-state index < -0.39 is 0 Å². The molecule has 2 aliphatic heterocycles. The molecule has 3 aromatic carbocycles. The summed E-state index contributed by atoms with van der Waals surface area (Å²) in [5.74, 6) is -0.603. The molecule has 4 nitrogen and oxygen atoms in total. The molecule has 3 aromatic rings. The minimum absolute atomic E-state index is 0.297. The molecular weight excluding hydrogens is 452 g/mol. The van der Waals surface area contributed by atoms with Crippen LogP contribution in [0.4, 0.5) is 5.69 Å². The van der Waals surface area contributed by atoms with Gasteiger partial charge in [0.05, 0.1) is 5.69 Å². The van der Waals surface area contributed by atoms with Crippen LogP contribution in [0.15, 0.2) is 82.2 Å². The van der Waals surface area contributed by atoms with Gasteiger partial charge in [-0.15, -0.1) is 0 Å². The Morgan fingerprint density at radius 2 is 1.61 bits per heavy atom. The average Bonchev–Trinajstić information content (AvgIpc) is 3.06. The molecule has 6 heteroatoms. The normalized spacial score (nSPS) is 16.0. The highest BCUT2D eigenvalue weighted by Crippen LogP contribution is 2.40. The molecule has 0 aromatic heterocycles. The molecule has 33 heavy (non-hydrogen) atoms. The quantitative estimate of drug-likeness (QED) is 0.442. The summed E-state index contributed by atoms with van der Waals surface area (Å²) in [5, 5.41) is 0.529. The van der Waals surface area contributed by atoms with Crippen molar-refractivity contribution in [2.24, 2.45) is 0 Å². The lowest BCUT2D eigenvalue weighted by atomic mass is 9.99. The van der Waals surface area contributed by atoms with E-state index >= 15 is 0 Å². The van der Waals surface area contributed by atoms with Gasteiger partial charge in [0.2, 0.25) is 0 Å². The number of amides is 2. The van der Waals surface area contributed by atoms with Crippen LogP contribution < -0.4 is 4.90 Å². The third-order valence-electron chi connectivity index (χ3n) is 6.12. The van der Waals surface area contributed by atoms with Crippen LogP contribution >= 0.6 is 23.4 Å². The second-order valence-electron chi connectivity index (χ2n) is 8.41. The van der Waals surface area contributed by atoms with Gasteiger partial charge in [-0.1, -0.05) is 71.4 Å². The van der Waals surface area contributed by atoms with Crippen LogP contribution in [-0.2, 0) is 22.6 Å². The third-order valence-corrected chi connectivity index (χ3v) is 7.61. The molecular formula is C27H23ClN2O2S. The first-order chi connectivity index (χ1) is 15.9. The fourth-order valence-electron chi connectivity index (χ4n) is 4.24. The van der Waals surface area contributed by atoms with E-state index in [4.69, 9.17) is 11.6 Å². The molecule has 0 aliphatic carbocycles. The summed E-state index contributed by atoms with van der Waals surface area (Å²) in [6, 6.07) is 21.6. The van der Waals surface area contributed by atoms with Gasteiger partial charge in [-0.25, -0.2) is 4.90 Å². The average molecular weight is 475 g/mol. The highest BCUT2D eigenvalue weighted by Gasteiger charge is 2.43. The molecule has 5 rings (SSSR count). The molecule has 2 heterocycles. The second kappa shape index (κ2) is 8.73. The van der Waals surface area contributed by atoms with Gasteiger partial charge in [0, 0.05) is 23.0 Å². The van der Waals surface area contributed by atoms with Crippen LogP contribution in [0.2, 0.25) is 5.02 Å². The molecule has 0 saturated heterocycles. The summed E-state index contributed by atoms with van der Waals surface area (Å²) < 4.78 is 0. The van der Waals surface area contributed by atoms with Gasteiger partial charge in [-0.2, -0.15) is 0 Å². The van der Waals surface area contributed by atoms with Crippen LogP contribution in [0.3, 0.4) is 0 Å². The van der Waals surface area contributed by atoms with Crippen molar-refractivity contribution in [3.8, 4) is 0 Å². The molecule has 0 spiro atoms. The smallest absolute Gasteiger partial charge is 0.283 e. The molecule has 166 valence electrons. The van der Waals surface area contributed by atoms with Crippen molar-refractivity contribution in [3.63, 3.8) is 0 Å². The first-order valence-electron chi connectivity index (χ1n) is 10.9. The SMILES string of the molecule is Cc1ccc(SC2=C(N3CCc4ccccc4C3)C(=O)N(c3ccc(C)c(Cl)c3)C2=O)cc1. The highest BCUT2D eigenvalue weighted by atomic mass is 35.5. The van der Waals surface area contributed by atoms with Crippen LogP contribution in [0, 0.1) is 13.8 Å². The van der Waals surface area contributed by atoms with E-state index in [1.54, 1.807) is 12.1 Å². The van der Waals surface area contributed by atoms with Crippen molar-refractivity contribution in [2.75, 3.05) is 11.4 Å². The number of anilines is 1. The monoisotopic (exact) mass is 474 g/mol. The Kier molecular flexibility index (Phi) is 5.77. The summed E-state index contributed by atoms with van der Waals surface area (Å²) in [6.07, 6.45) is 0.833. The number of nitrogens with zero attached hydrogens (tertiary/aromatic N) is 2. The Balaban J connectivity index is 1.56. The molecule has 0 N–H and O–H groups in total. The Hall–Kier alpha value is -3.02. The Morgan fingerprint density at radius 3 is 2.33 bits per heavy atom. The number of aryl methyl sites for hydroxylation is 2. The minimum atomic E-state index is -0.306. The summed E-state index contributed by atoms with van der Waals surface area (Å²) in [7, 11) is 0. The fraction of sp³-hybridized carbons (Fsp3) is 0.185. The number of carbonyl (C=O) groups excluding carboxylic acids is 2. The van der Waals surface area contributed by atoms with E-state index in [1.807, 2.05) is 56.3 Å². The maximum atomic E-state index is 13.7. The van der Waals surface area contributed by atoms with Gasteiger partial charge in [0.1, 0.15) is 10.6 Å². The van der Waals surface area contributed by atoms with Crippen molar-refractivity contribution in [3.05, 3.63) is 105 Å². The van der Waals surface area contributed by atoms with Crippen LogP contribution in [-0.4, -0.2) is 23.3 Å². The van der Waals surface area contributed by atoms with Crippen molar-refractivity contribution in [1.82, 2.24) is 4.90 Å². The number of thioether (sulfide) groups is 1. The van der Waals surface area contributed by atoms with Gasteiger partial charge in [-0.3, -0.25) is 9.59 Å². The number of rotatable bonds is 4. The van der Waals surface area contributed by atoms with Gasteiger partial charge in [0.25, 0.3) is 11.8 Å². The van der Waals surface area contributed by atoms with Gasteiger partial charge in [-0.05, 0) is 61.2 Å². The van der Waals surface area contributed by atoms with E-state index in [0.717, 1.165) is 22.4 Å².